The number of ether oxygens (including phenoxy) is 1. The van der Waals surface area contributed by atoms with Gasteiger partial charge >= 0.3 is 0 Å². The minimum atomic E-state index is -3.50. The number of nitrogens with one attached hydrogen (secondary N) is 1. The average molecular weight is 303 g/mol. The van der Waals surface area contributed by atoms with Gasteiger partial charge in [0.1, 0.15) is 5.82 Å². The van der Waals surface area contributed by atoms with Crippen molar-refractivity contribution >= 4 is 10.0 Å². The summed E-state index contributed by atoms with van der Waals surface area (Å²) < 4.78 is 44.8. The molecule has 0 aliphatic heterocycles. The van der Waals surface area contributed by atoms with Crippen LogP contribution >= 0.6 is 0 Å². The summed E-state index contributed by atoms with van der Waals surface area (Å²) in [6, 6.07) is 5.27. The van der Waals surface area contributed by atoms with Gasteiger partial charge in [-0.3, -0.25) is 0 Å². The maximum Gasteiger partial charge on any atom is 0.216 e. The van der Waals surface area contributed by atoms with E-state index in [2.05, 4.69) is 4.72 Å². The molecule has 0 spiro atoms. The molecule has 4 nitrogen and oxygen atoms in total. The number of benzene rings is 1. The van der Waals surface area contributed by atoms with Crippen molar-refractivity contribution in [2.45, 2.75) is 32.6 Å². The van der Waals surface area contributed by atoms with Crippen LogP contribution in [0.5, 0.6) is 0 Å². The first-order valence-corrected chi connectivity index (χ1v) is 8.26. The maximum absolute atomic E-state index is 13.0. The van der Waals surface area contributed by atoms with Crippen LogP contribution in [-0.2, 0) is 20.5 Å². The highest BCUT2D eigenvalue weighted by Gasteiger charge is 2.15. The third kappa shape index (κ3) is 6.98. The zero-order chi connectivity index (χ0) is 15.2. The SMILES string of the molecule is CC(C)COC[C@H](C)NS(=O)(=O)Cc1cccc(F)c1. The molecular weight excluding hydrogens is 281 g/mol. The molecule has 1 N–H and O–H groups in total. The van der Waals surface area contributed by atoms with Crippen molar-refractivity contribution in [1.82, 2.24) is 4.72 Å². The monoisotopic (exact) mass is 303 g/mol. The van der Waals surface area contributed by atoms with Crippen LogP contribution in [-0.4, -0.2) is 27.7 Å². The van der Waals surface area contributed by atoms with Gasteiger partial charge in [0.25, 0.3) is 0 Å². The van der Waals surface area contributed by atoms with E-state index in [0.717, 1.165) is 0 Å². The highest BCUT2D eigenvalue weighted by Crippen LogP contribution is 2.08. The van der Waals surface area contributed by atoms with Crippen molar-refractivity contribution < 1.29 is 17.5 Å². The lowest BCUT2D eigenvalue weighted by atomic mass is 10.2. The Kier molecular flexibility index (Phi) is 6.58. The van der Waals surface area contributed by atoms with Crippen LogP contribution in [0.25, 0.3) is 0 Å². The fourth-order valence-electron chi connectivity index (χ4n) is 1.71. The third-order valence-corrected chi connectivity index (χ3v) is 3.92. The Bertz CT molecular complexity index is 517. The van der Waals surface area contributed by atoms with Gasteiger partial charge in [-0.15, -0.1) is 0 Å². The summed E-state index contributed by atoms with van der Waals surface area (Å²) in [5, 5.41) is 0. The molecule has 0 saturated heterocycles. The lowest BCUT2D eigenvalue weighted by Crippen LogP contribution is -2.36. The van der Waals surface area contributed by atoms with Gasteiger partial charge in [-0.1, -0.05) is 26.0 Å². The highest BCUT2D eigenvalue weighted by molar-refractivity contribution is 7.88. The Morgan fingerprint density at radius 1 is 1.25 bits per heavy atom. The summed E-state index contributed by atoms with van der Waals surface area (Å²) in [6.45, 7) is 6.71. The van der Waals surface area contributed by atoms with Gasteiger partial charge in [0.05, 0.1) is 12.4 Å². The second-order valence-electron chi connectivity index (χ2n) is 5.34. The van der Waals surface area contributed by atoms with Gasteiger partial charge in [-0.2, -0.15) is 0 Å². The molecule has 0 fully saturated rings. The molecule has 0 heterocycles. The molecule has 6 heteroatoms. The summed E-state index contributed by atoms with van der Waals surface area (Å²) in [5.74, 6) is -0.267. The molecule has 20 heavy (non-hydrogen) atoms. The molecule has 0 radical (unpaired) electrons. The molecular formula is C14H22FNO3S. The topological polar surface area (TPSA) is 55.4 Å². The summed E-state index contributed by atoms with van der Waals surface area (Å²) in [6.07, 6.45) is 0. The van der Waals surface area contributed by atoms with Crippen LogP contribution in [0, 0.1) is 11.7 Å². The molecule has 0 aliphatic carbocycles. The van der Waals surface area contributed by atoms with Crippen LogP contribution < -0.4 is 4.72 Å². The van der Waals surface area contributed by atoms with Crippen molar-refractivity contribution in [2.75, 3.05) is 13.2 Å². The second-order valence-corrected chi connectivity index (χ2v) is 7.09. The molecule has 114 valence electrons. The lowest BCUT2D eigenvalue weighted by Gasteiger charge is -2.15. The summed E-state index contributed by atoms with van der Waals surface area (Å²) >= 11 is 0. The summed E-state index contributed by atoms with van der Waals surface area (Å²) in [4.78, 5) is 0. The van der Waals surface area contributed by atoms with Crippen LogP contribution in [0.4, 0.5) is 4.39 Å². The molecule has 0 saturated carbocycles. The molecule has 1 aromatic carbocycles. The van der Waals surface area contributed by atoms with Gasteiger partial charge in [-0.05, 0) is 30.5 Å². The summed E-state index contributed by atoms with van der Waals surface area (Å²) in [7, 11) is -3.50. The number of hydrogen-bond acceptors (Lipinski definition) is 3. The molecule has 0 unspecified atom stereocenters. The molecule has 1 rings (SSSR count). The van der Waals surface area contributed by atoms with E-state index in [9.17, 15) is 12.8 Å². The van der Waals surface area contributed by atoms with E-state index in [1.54, 1.807) is 13.0 Å². The standard InChI is InChI=1S/C14H22FNO3S/c1-11(2)8-19-9-12(3)16-20(17,18)10-13-5-4-6-14(15)7-13/h4-7,11-12,16H,8-10H2,1-3H3/t12-/m0/s1. The summed E-state index contributed by atoms with van der Waals surface area (Å²) in [5.41, 5.74) is 0.424. The second kappa shape index (κ2) is 7.71. The number of hydrogen-bond donors (Lipinski definition) is 1. The van der Waals surface area contributed by atoms with Gasteiger partial charge in [0, 0.05) is 12.6 Å². The third-order valence-electron chi connectivity index (χ3n) is 2.45. The Balaban J connectivity index is 2.48. The predicted molar refractivity (Wildman–Crippen MR) is 77.3 cm³/mol. The predicted octanol–water partition coefficient (Wildman–Crippen LogP) is 2.31. The Labute approximate surface area is 120 Å². The number of sulfonamides is 1. The zero-order valence-electron chi connectivity index (χ0n) is 12.1. The fourth-order valence-corrected chi connectivity index (χ4v) is 3.09. The first-order chi connectivity index (χ1) is 9.28. The van der Waals surface area contributed by atoms with Crippen molar-refractivity contribution in [1.29, 1.82) is 0 Å². The molecule has 0 aliphatic rings. The molecule has 0 bridgehead atoms. The minimum Gasteiger partial charge on any atom is -0.380 e. The van der Waals surface area contributed by atoms with E-state index < -0.39 is 15.8 Å². The Hall–Kier alpha value is -0.980. The normalized spacial score (nSPS) is 13.7. The maximum atomic E-state index is 13.0. The van der Waals surface area contributed by atoms with Crippen LogP contribution in [0.1, 0.15) is 26.3 Å². The number of halogens is 1. The average Bonchev–Trinajstić information content (AvgIpc) is 2.26. The largest absolute Gasteiger partial charge is 0.380 e. The Morgan fingerprint density at radius 2 is 1.95 bits per heavy atom. The van der Waals surface area contributed by atoms with E-state index in [1.807, 2.05) is 13.8 Å². The van der Waals surface area contributed by atoms with Gasteiger partial charge in [-0.25, -0.2) is 17.5 Å². The van der Waals surface area contributed by atoms with Crippen LogP contribution in [0.2, 0.25) is 0 Å². The molecule has 1 aromatic rings. The Morgan fingerprint density at radius 3 is 2.55 bits per heavy atom. The highest BCUT2D eigenvalue weighted by atomic mass is 32.2. The van der Waals surface area contributed by atoms with Crippen molar-refractivity contribution in [3.63, 3.8) is 0 Å². The van der Waals surface area contributed by atoms with Crippen molar-refractivity contribution in [3.05, 3.63) is 35.6 Å². The van der Waals surface area contributed by atoms with Gasteiger partial charge in [0.2, 0.25) is 10.0 Å². The number of rotatable bonds is 8. The van der Waals surface area contributed by atoms with E-state index in [1.165, 1.54) is 18.2 Å². The lowest BCUT2D eigenvalue weighted by molar-refractivity contribution is 0.0984. The first kappa shape index (κ1) is 17.1. The molecule has 0 amide bonds. The van der Waals surface area contributed by atoms with Crippen molar-refractivity contribution in [3.8, 4) is 0 Å². The fraction of sp³-hybridized carbons (Fsp3) is 0.571. The smallest absolute Gasteiger partial charge is 0.216 e. The minimum absolute atomic E-state index is 0.237. The van der Waals surface area contributed by atoms with Crippen molar-refractivity contribution in [2.24, 2.45) is 5.92 Å². The quantitative estimate of drug-likeness (QED) is 0.802. The van der Waals surface area contributed by atoms with E-state index in [4.69, 9.17) is 4.74 Å². The molecule has 1 atom stereocenters. The van der Waals surface area contributed by atoms with Crippen LogP contribution in [0.15, 0.2) is 24.3 Å². The van der Waals surface area contributed by atoms with Crippen LogP contribution in [0.3, 0.4) is 0 Å². The van der Waals surface area contributed by atoms with Gasteiger partial charge < -0.3 is 4.74 Å². The van der Waals surface area contributed by atoms with E-state index in [0.29, 0.717) is 24.7 Å². The first-order valence-electron chi connectivity index (χ1n) is 6.60. The van der Waals surface area contributed by atoms with E-state index in [-0.39, 0.29) is 11.8 Å². The van der Waals surface area contributed by atoms with Gasteiger partial charge in [0.15, 0.2) is 0 Å². The zero-order valence-corrected chi connectivity index (χ0v) is 12.9. The van der Waals surface area contributed by atoms with E-state index >= 15 is 0 Å². The molecule has 0 aromatic heterocycles.